The first-order valence-electron chi connectivity index (χ1n) is 4.43. The van der Waals surface area contributed by atoms with E-state index in [1.807, 2.05) is 18.2 Å². The monoisotopic (exact) mass is 193 g/mol. The molecule has 0 aliphatic carbocycles. The average Bonchev–Trinajstić information content (AvgIpc) is 2.60. The molecule has 1 aromatic rings. The third-order valence-corrected chi connectivity index (χ3v) is 2.48. The number of aliphatic hydroxyl groups is 1. The molecule has 0 spiro atoms. The first-order chi connectivity index (χ1) is 6.72. The number of carboxylic acid groups (broad SMARTS) is 1. The summed E-state index contributed by atoms with van der Waals surface area (Å²) in [6, 6.07) is 4.89. The fraction of sp³-hybridized carbons (Fsp3) is 0.300. The number of anilines is 1. The van der Waals surface area contributed by atoms with E-state index in [-0.39, 0.29) is 6.61 Å². The van der Waals surface area contributed by atoms with Crippen LogP contribution >= 0.6 is 0 Å². The maximum atomic E-state index is 10.7. The zero-order valence-electron chi connectivity index (χ0n) is 7.53. The minimum absolute atomic E-state index is 0.0445. The summed E-state index contributed by atoms with van der Waals surface area (Å²) >= 11 is 0. The highest BCUT2D eigenvalue weighted by Gasteiger charge is 2.27. The van der Waals surface area contributed by atoms with Crippen LogP contribution in [-0.4, -0.2) is 22.2 Å². The smallest absolute Gasteiger partial charge is 0.326 e. The molecule has 1 aromatic carbocycles. The number of aliphatic hydroxyl groups excluding tert-OH is 1. The molecule has 1 heterocycles. The van der Waals surface area contributed by atoms with Gasteiger partial charge in [0.05, 0.1) is 6.61 Å². The lowest BCUT2D eigenvalue weighted by Gasteiger charge is -2.03. The number of carboxylic acids is 1. The van der Waals surface area contributed by atoms with Crippen LogP contribution in [0, 0.1) is 0 Å². The molecule has 2 rings (SSSR count). The predicted molar refractivity (Wildman–Crippen MR) is 51.1 cm³/mol. The molecule has 0 amide bonds. The number of carbonyl (C=O) groups is 1. The number of rotatable bonds is 2. The molecule has 1 unspecified atom stereocenters. The summed E-state index contributed by atoms with van der Waals surface area (Å²) in [5.74, 6) is -0.856. The SMILES string of the molecule is O=C(O)C1Cc2c(CO)cccc2N1. The van der Waals surface area contributed by atoms with Crippen LogP contribution in [0.2, 0.25) is 0 Å². The molecular formula is C10H11NO3. The van der Waals surface area contributed by atoms with Crippen molar-refractivity contribution < 1.29 is 15.0 Å². The summed E-state index contributed by atoms with van der Waals surface area (Å²) in [7, 11) is 0. The molecule has 74 valence electrons. The van der Waals surface area contributed by atoms with E-state index in [4.69, 9.17) is 10.2 Å². The Morgan fingerprint density at radius 2 is 2.36 bits per heavy atom. The normalized spacial score (nSPS) is 18.8. The second kappa shape index (κ2) is 3.31. The van der Waals surface area contributed by atoms with Gasteiger partial charge < -0.3 is 15.5 Å². The Morgan fingerprint density at radius 1 is 1.57 bits per heavy atom. The van der Waals surface area contributed by atoms with Gasteiger partial charge in [0.1, 0.15) is 6.04 Å². The van der Waals surface area contributed by atoms with E-state index in [0.717, 1.165) is 16.8 Å². The fourth-order valence-electron chi connectivity index (χ4n) is 1.75. The van der Waals surface area contributed by atoms with E-state index < -0.39 is 12.0 Å². The van der Waals surface area contributed by atoms with Gasteiger partial charge in [0.25, 0.3) is 0 Å². The van der Waals surface area contributed by atoms with Gasteiger partial charge >= 0.3 is 5.97 Å². The molecule has 1 atom stereocenters. The number of hydrogen-bond acceptors (Lipinski definition) is 3. The summed E-state index contributed by atoms with van der Waals surface area (Å²) in [4.78, 5) is 10.7. The molecule has 0 fully saturated rings. The van der Waals surface area contributed by atoms with Crippen molar-refractivity contribution >= 4 is 11.7 Å². The van der Waals surface area contributed by atoms with Gasteiger partial charge in [-0.1, -0.05) is 12.1 Å². The van der Waals surface area contributed by atoms with Crippen molar-refractivity contribution in [1.29, 1.82) is 0 Å². The molecular weight excluding hydrogens is 182 g/mol. The standard InChI is InChI=1S/C10H11NO3/c12-5-6-2-1-3-8-7(6)4-9(11-8)10(13)14/h1-3,9,11-12H,4-5H2,(H,13,14). The maximum absolute atomic E-state index is 10.7. The average molecular weight is 193 g/mol. The van der Waals surface area contributed by atoms with Crippen molar-refractivity contribution in [2.45, 2.75) is 19.1 Å². The Kier molecular flexibility index (Phi) is 2.13. The fourth-order valence-corrected chi connectivity index (χ4v) is 1.75. The highest BCUT2D eigenvalue weighted by atomic mass is 16.4. The van der Waals surface area contributed by atoms with Crippen LogP contribution in [0.15, 0.2) is 18.2 Å². The van der Waals surface area contributed by atoms with E-state index in [0.29, 0.717) is 6.42 Å². The Labute approximate surface area is 81.2 Å². The minimum Gasteiger partial charge on any atom is -0.480 e. The molecule has 0 bridgehead atoms. The number of aliphatic carboxylic acids is 1. The second-order valence-electron chi connectivity index (χ2n) is 3.34. The van der Waals surface area contributed by atoms with Crippen LogP contribution in [0.1, 0.15) is 11.1 Å². The summed E-state index contributed by atoms with van der Waals surface area (Å²) in [6.07, 6.45) is 0.446. The van der Waals surface area contributed by atoms with Crippen LogP contribution in [0.5, 0.6) is 0 Å². The summed E-state index contributed by atoms with van der Waals surface area (Å²) in [6.45, 7) is -0.0445. The van der Waals surface area contributed by atoms with Crippen LogP contribution in [-0.2, 0) is 17.8 Å². The molecule has 0 radical (unpaired) electrons. The molecule has 3 N–H and O–H groups in total. The first kappa shape index (κ1) is 9.02. The summed E-state index contributed by atoms with van der Waals surface area (Å²) in [5.41, 5.74) is 2.55. The van der Waals surface area contributed by atoms with Crippen LogP contribution < -0.4 is 5.32 Å². The zero-order valence-corrected chi connectivity index (χ0v) is 7.53. The maximum Gasteiger partial charge on any atom is 0.326 e. The zero-order chi connectivity index (χ0) is 10.1. The Hall–Kier alpha value is -1.55. The molecule has 1 aliphatic heterocycles. The van der Waals surface area contributed by atoms with E-state index in [2.05, 4.69) is 5.32 Å². The minimum atomic E-state index is -0.856. The van der Waals surface area contributed by atoms with Gasteiger partial charge in [0.2, 0.25) is 0 Å². The van der Waals surface area contributed by atoms with E-state index in [1.165, 1.54) is 0 Å². The highest BCUT2D eigenvalue weighted by Crippen LogP contribution is 2.28. The van der Waals surface area contributed by atoms with Gasteiger partial charge in [-0.25, -0.2) is 4.79 Å². The largest absolute Gasteiger partial charge is 0.480 e. The number of fused-ring (bicyclic) bond motifs is 1. The van der Waals surface area contributed by atoms with E-state index >= 15 is 0 Å². The van der Waals surface area contributed by atoms with Gasteiger partial charge in [0.15, 0.2) is 0 Å². The summed E-state index contributed by atoms with van der Waals surface area (Å²) < 4.78 is 0. The van der Waals surface area contributed by atoms with Crippen LogP contribution in [0.25, 0.3) is 0 Å². The van der Waals surface area contributed by atoms with Crippen molar-refractivity contribution in [3.8, 4) is 0 Å². The van der Waals surface area contributed by atoms with Gasteiger partial charge in [-0.2, -0.15) is 0 Å². The van der Waals surface area contributed by atoms with Gasteiger partial charge in [-0.05, 0) is 17.2 Å². The Morgan fingerprint density at radius 3 is 3.00 bits per heavy atom. The van der Waals surface area contributed by atoms with Crippen molar-refractivity contribution in [1.82, 2.24) is 0 Å². The first-order valence-corrected chi connectivity index (χ1v) is 4.43. The van der Waals surface area contributed by atoms with Gasteiger partial charge in [-0.3, -0.25) is 0 Å². The number of nitrogens with one attached hydrogen (secondary N) is 1. The van der Waals surface area contributed by atoms with E-state index in [1.54, 1.807) is 0 Å². The molecule has 1 aliphatic rings. The third-order valence-electron chi connectivity index (χ3n) is 2.48. The van der Waals surface area contributed by atoms with Gasteiger partial charge in [-0.15, -0.1) is 0 Å². The molecule has 0 aromatic heterocycles. The molecule has 14 heavy (non-hydrogen) atoms. The Balaban J connectivity index is 2.34. The lowest BCUT2D eigenvalue weighted by molar-refractivity contribution is -0.137. The second-order valence-corrected chi connectivity index (χ2v) is 3.34. The third kappa shape index (κ3) is 1.33. The van der Waals surface area contributed by atoms with Gasteiger partial charge in [0, 0.05) is 12.1 Å². The number of hydrogen-bond donors (Lipinski definition) is 3. The van der Waals surface area contributed by atoms with Crippen molar-refractivity contribution in [2.75, 3.05) is 5.32 Å². The number of benzene rings is 1. The molecule has 0 saturated carbocycles. The van der Waals surface area contributed by atoms with Crippen molar-refractivity contribution in [2.24, 2.45) is 0 Å². The highest BCUT2D eigenvalue weighted by molar-refractivity contribution is 5.81. The molecule has 4 nitrogen and oxygen atoms in total. The lowest BCUT2D eigenvalue weighted by atomic mass is 10.0. The van der Waals surface area contributed by atoms with Crippen LogP contribution in [0.4, 0.5) is 5.69 Å². The van der Waals surface area contributed by atoms with Crippen molar-refractivity contribution in [3.05, 3.63) is 29.3 Å². The molecule has 0 saturated heterocycles. The predicted octanol–water partition coefficient (Wildman–Crippen LogP) is 0.600. The molecule has 4 heteroatoms. The summed E-state index contributed by atoms with van der Waals surface area (Å²) in [5, 5.41) is 20.8. The van der Waals surface area contributed by atoms with Crippen LogP contribution in [0.3, 0.4) is 0 Å². The lowest BCUT2D eigenvalue weighted by Crippen LogP contribution is -2.26. The topological polar surface area (TPSA) is 69.6 Å². The van der Waals surface area contributed by atoms with Crippen molar-refractivity contribution in [3.63, 3.8) is 0 Å². The van der Waals surface area contributed by atoms with E-state index in [9.17, 15) is 4.79 Å². The Bertz CT molecular complexity index is 376. The quantitative estimate of drug-likeness (QED) is 0.643.